The molecule has 4 aromatic rings. The van der Waals surface area contributed by atoms with E-state index in [1.54, 1.807) is 0 Å². The number of rotatable bonds is 9. The predicted molar refractivity (Wildman–Crippen MR) is 139 cm³/mol. The van der Waals surface area contributed by atoms with Gasteiger partial charge in [-0.15, -0.1) is 0 Å². The summed E-state index contributed by atoms with van der Waals surface area (Å²) in [5, 5.41) is 5.82. The number of carbonyl (C=O) groups excluding carboxylic acids is 1. The molecule has 1 aromatic heterocycles. The highest BCUT2D eigenvalue weighted by Gasteiger charge is 2.15. The average molecular weight is 455 g/mol. The normalized spacial score (nSPS) is 12.0. The molecule has 4 nitrogen and oxygen atoms in total. The van der Waals surface area contributed by atoms with Crippen molar-refractivity contribution in [1.29, 1.82) is 0 Å². The summed E-state index contributed by atoms with van der Waals surface area (Å²) >= 11 is 0. The first-order valence-electron chi connectivity index (χ1n) is 11.3. The van der Waals surface area contributed by atoms with Gasteiger partial charge in [0, 0.05) is 31.2 Å². The molecule has 0 fully saturated rings. The Morgan fingerprint density at radius 2 is 1.61 bits per heavy atom. The van der Waals surface area contributed by atoms with E-state index in [0.29, 0.717) is 17.9 Å². The molecule has 0 spiro atoms. The largest absolute Gasteiger partial charge is 0.360 e. The second-order valence-corrected chi connectivity index (χ2v) is 15.0. The second kappa shape index (κ2) is 10.1. The lowest BCUT2D eigenvalue weighted by Crippen LogP contribution is -2.22. The van der Waals surface area contributed by atoms with Crippen LogP contribution in [0.3, 0.4) is 0 Å². The molecule has 168 valence electrons. The third-order valence-corrected chi connectivity index (χ3v) is 7.23. The van der Waals surface area contributed by atoms with Crippen LogP contribution in [0.1, 0.15) is 27.2 Å². The van der Waals surface area contributed by atoms with Gasteiger partial charge in [-0.1, -0.05) is 92.4 Å². The number of hydrogen-bond donors (Lipinski definition) is 0. The quantitative estimate of drug-likeness (QED) is 0.160. The van der Waals surface area contributed by atoms with Crippen LogP contribution < -0.4 is 0 Å². The summed E-state index contributed by atoms with van der Waals surface area (Å²) in [5.74, 6) is 0.00581. The maximum Gasteiger partial charge on any atom is 0.193 e. The Labute approximate surface area is 196 Å². The van der Waals surface area contributed by atoms with Gasteiger partial charge in [-0.05, 0) is 29.8 Å². The maximum atomic E-state index is 13.0. The maximum absolute atomic E-state index is 13.0. The Morgan fingerprint density at radius 3 is 2.30 bits per heavy atom. The van der Waals surface area contributed by atoms with Crippen molar-refractivity contribution < 1.29 is 9.53 Å². The highest BCUT2D eigenvalue weighted by atomic mass is 28.3. The minimum Gasteiger partial charge on any atom is -0.360 e. The Hall–Kier alpha value is -3.28. The molecular weight excluding hydrogens is 424 g/mol. The molecule has 0 saturated carbocycles. The van der Waals surface area contributed by atoms with Gasteiger partial charge >= 0.3 is 0 Å². The lowest BCUT2D eigenvalue weighted by atomic mass is 10.0. The van der Waals surface area contributed by atoms with Crippen molar-refractivity contribution >= 4 is 36.9 Å². The second-order valence-electron chi connectivity index (χ2n) is 9.40. The van der Waals surface area contributed by atoms with E-state index in [1.165, 1.54) is 0 Å². The number of fused-ring (bicyclic) bond motifs is 1. The third-order valence-electron chi connectivity index (χ3n) is 5.52. The van der Waals surface area contributed by atoms with E-state index < -0.39 is 8.07 Å². The fourth-order valence-corrected chi connectivity index (χ4v) is 4.34. The molecule has 1 heterocycles. The minimum atomic E-state index is -1.17. The molecule has 0 amide bonds. The molecule has 0 bridgehead atoms. The van der Waals surface area contributed by atoms with Gasteiger partial charge < -0.3 is 4.74 Å². The van der Waals surface area contributed by atoms with Crippen molar-refractivity contribution in [1.82, 2.24) is 9.78 Å². The molecule has 0 unspecified atom stereocenters. The number of ketones is 1. The van der Waals surface area contributed by atoms with Crippen LogP contribution in [-0.4, -0.2) is 30.2 Å². The summed E-state index contributed by atoms with van der Waals surface area (Å²) in [6, 6.07) is 26.4. The van der Waals surface area contributed by atoms with Gasteiger partial charge in [-0.25, -0.2) is 4.68 Å². The fourth-order valence-electron chi connectivity index (χ4n) is 3.59. The van der Waals surface area contributed by atoms with Crippen LogP contribution in [0.4, 0.5) is 0 Å². The van der Waals surface area contributed by atoms with Gasteiger partial charge in [0.15, 0.2) is 5.78 Å². The molecule has 4 rings (SSSR count). The van der Waals surface area contributed by atoms with Crippen LogP contribution in [0.25, 0.3) is 23.1 Å². The highest BCUT2D eigenvalue weighted by molar-refractivity contribution is 6.76. The summed E-state index contributed by atoms with van der Waals surface area (Å²) in [6.45, 7) is 8.10. The summed E-state index contributed by atoms with van der Waals surface area (Å²) in [7, 11) is -1.17. The van der Waals surface area contributed by atoms with Gasteiger partial charge in [0.1, 0.15) is 6.73 Å². The minimum absolute atomic E-state index is 0.00581. The van der Waals surface area contributed by atoms with E-state index in [-0.39, 0.29) is 5.78 Å². The van der Waals surface area contributed by atoms with Gasteiger partial charge in [0.2, 0.25) is 0 Å². The number of ether oxygens (including phenoxy) is 1. The SMILES string of the molecule is C[Si](C)(C)CCOCn1nc(C=Cc2ccccc2)c2ccc(C(=O)c3ccccc3)cc21. The van der Waals surface area contributed by atoms with Crippen LogP contribution in [0.5, 0.6) is 0 Å². The molecular formula is C28H30N2O2Si. The monoisotopic (exact) mass is 454 g/mol. The third kappa shape index (κ3) is 5.95. The zero-order valence-electron chi connectivity index (χ0n) is 19.5. The van der Waals surface area contributed by atoms with Crippen LogP contribution in [0, 0.1) is 0 Å². The summed E-state index contributed by atoms with van der Waals surface area (Å²) in [4.78, 5) is 13.0. The standard InChI is InChI=1S/C28H30N2O2Si/c1-33(2,3)19-18-32-21-30-27-20-24(28(31)23-12-8-5-9-13-23)15-16-25(27)26(29-30)17-14-22-10-6-4-7-11-22/h4-17,20H,18-19,21H2,1-3H3. The molecule has 0 aliphatic rings. The topological polar surface area (TPSA) is 44.1 Å². The molecule has 33 heavy (non-hydrogen) atoms. The zero-order chi connectivity index (χ0) is 23.3. The van der Waals surface area contributed by atoms with Crippen molar-refractivity contribution in [3.63, 3.8) is 0 Å². The fraction of sp³-hybridized carbons (Fsp3) is 0.214. The van der Waals surface area contributed by atoms with Crippen molar-refractivity contribution in [2.45, 2.75) is 32.4 Å². The Morgan fingerprint density at radius 1 is 0.909 bits per heavy atom. The molecule has 0 atom stereocenters. The lowest BCUT2D eigenvalue weighted by molar-refractivity contribution is 0.0816. The van der Waals surface area contributed by atoms with Gasteiger partial charge in [-0.3, -0.25) is 4.79 Å². The number of hydrogen-bond acceptors (Lipinski definition) is 3. The van der Waals surface area contributed by atoms with Crippen molar-refractivity contribution in [2.24, 2.45) is 0 Å². The Bertz CT molecular complexity index is 1260. The Balaban J connectivity index is 1.66. The van der Waals surface area contributed by atoms with Gasteiger partial charge in [-0.2, -0.15) is 5.10 Å². The molecule has 0 N–H and O–H groups in total. The average Bonchev–Trinajstić information content (AvgIpc) is 3.17. The van der Waals surface area contributed by atoms with Crippen LogP contribution >= 0.6 is 0 Å². The zero-order valence-corrected chi connectivity index (χ0v) is 20.5. The highest BCUT2D eigenvalue weighted by Crippen LogP contribution is 2.24. The summed E-state index contributed by atoms with van der Waals surface area (Å²) < 4.78 is 7.86. The van der Waals surface area contributed by atoms with Crippen molar-refractivity contribution in [3.05, 3.63) is 101 Å². The summed E-state index contributed by atoms with van der Waals surface area (Å²) in [5.41, 5.74) is 4.20. The van der Waals surface area contributed by atoms with E-state index in [2.05, 4.69) is 37.8 Å². The molecule has 3 aromatic carbocycles. The molecule has 0 radical (unpaired) electrons. The van der Waals surface area contributed by atoms with E-state index in [1.807, 2.05) is 77.5 Å². The summed E-state index contributed by atoms with van der Waals surface area (Å²) in [6.07, 6.45) is 4.08. The molecule has 0 aliphatic heterocycles. The Kier molecular flexibility index (Phi) is 7.01. The number of nitrogens with zero attached hydrogens (tertiary/aromatic N) is 2. The van der Waals surface area contributed by atoms with Gasteiger partial charge in [0.25, 0.3) is 0 Å². The molecule has 0 aliphatic carbocycles. The first-order valence-corrected chi connectivity index (χ1v) is 15.0. The van der Waals surface area contributed by atoms with E-state index in [9.17, 15) is 4.79 Å². The van der Waals surface area contributed by atoms with Crippen LogP contribution in [0.15, 0.2) is 78.9 Å². The van der Waals surface area contributed by atoms with E-state index in [0.717, 1.165) is 34.8 Å². The smallest absolute Gasteiger partial charge is 0.193 e. The van der Waals surface area contributed by atoms with Crippen LogP contribution in [-0.2, 0) is 11.5 Å². The predicted octanol–water partition coefficient (Wildman–Crippen LogP) is 6.75. The van der Waals surface area contributed by atoms with E-state index in [4.69, 9.17) is 9.84 Å². The molecule has 0 saturated heterocycles. The number of aromatic nitrogens is 2. The first kappa shape index (κ1) is 22.9. The van der Waals surface area contributed by atoms with Crippen molar-refractivity contribution in [2.75, 3.05) is 6.61 Å². The first-order chi connectivity index (χ1) is 15.9. The van der Waals surface area contributed by atoms with Crippen LogP contribution in [0.2, 0.25) is 25.7 Å². The van der Waals surface area contributed by atoms with Gasteiger partial charge in [0.05, 0.1) is 11.2 Å². The number of benzene rings is 3. The van der Waals surface area contributed by atoms with E-state index >= 15 is 0 Å². The number of carbonyl (C=O) groups is 1. The molecule has 5 heteroatoms. The lowest BCUT2D eigenvalue weighted by Gasteiger charge is -2.15. The van der Waals surface area contributed by atoms with Crippen molar-refractivity contribution in [3.8, 4) is 0 Å².